The van der Waals surface area contributed by atoms with E-state index >= 15 is 0 Å². The van der Waals surface area contributed by atoms with E-state index in [2.05, 4.69) is 15.2 Å². The van der Waals surface area contributed by atoms with Gasteiger partial charge in [0.25, 0.3) is 21.8 Å². The molecule has 3 aromatic rings. The lowest BCUT2D eigenvalue weighted by Crippen LogP contribution is -2.20. The van der Waals surface area contributed by atoms with Gasteiger partial charge in [-0.15, -0.1) is 11.3 Å². The zero-order valence-corrected chi connectivity index (χ0v) is 21.4. The highest BCUT2D eigenvalue weighted by Gasteiger charge is 2.31. The highest BCUT2D eigenvalue weighted by Crippen LogP contribution is 2.35. The average Bonchev–Trinajstić information content (AvgIpc) is 3.22. The lowest BCUT2D eigenvalue weighted by atomic mass is 9.99. The zero-order valence-electron chi connectivity index (χ0n) is 19.0. The fourth-order valence-electron chi connectivity index (χ4n) is 3.39. The molecule has 2 N–H and O–H groups in total. The molecule has 0 bridgehead atoms. The third-order valence-corrected chi connectivity index (χ3v) is 8.45. The molecular formula is C22H24ClN3O5S2. The van der Waals surface area contributed by atoms with Crippen LogP contribution in [0, 0.1) is 34.6 Å². The Kier molecular flexibility index (Phi) is 7.01. The highest BCUT2D eigenvalue weighted by atomic mass is 35.5. The predicted molar refractivity (Wildman–Crippen MR) is 129 cm³/mol. The second-order valence-electron chi connectivity index (χ2n) is 7.69. The molecule has 0 fully saturated rings. The van der Waals surface area contributed by atoms with Gasteiger partial charge in [-0.3, -0.25) is 9.59 Å². The number of carbonyl (C=O) groups excluding carboxylic acids is 2. The van der Waals surface area contributed by atoms with E-state index in [9.17, 15) is 18.0 Å². The first-order chi connectivity index (χ1) is 15.4. The minimum atomic E-state index is -4.23. The van der Waals surface area contributed by atoms with Crippen molar-refractivity contribution < 1.29 is 22.5 Å². The van der Waals surface area contributed by atoms with Gasteiger partial charge in [0.1, 0.15) is 20.5 Å². The standard InChI is InChI=1S/C22H24ClN3O5S2/c1-7-16(27)15-9-10(2)8-11(3)18(15)24-21(28)19-20(12(4)14(6)32-19)33(29,30)26-22-17(23)13(5)25-31-22/h8-9,26H,7H2,1-6H3,(H,24,28). The number of anilines is 2. The number of benzene rings is 1. The van der Waals surface area contributed by atoms with Crippen molar-refractivity contribution in [2.45, 2.75) is 52.9 Å². The first-order valence-electron chi connectivity index (χ1n) is 10.1. The zero-order chi connectivity index (χ0) is 24.7. The van der Waals surface area contributed by atoms with Gasteiger partial charge in [-0.1, -0.05) is 29.7 Å². The number of Topliss-reactive ketones (excluding diaryl/α,β-unsaturated/α-hetero) is 1. The maximum Gasteiger partial charge on any atom is 0.267 e. The number of halogens is 1. The van der Waals surface area contributed by atoms with E-state index in [-0.39, 0.29) is 32.9 Å². The second kappa shape index (κ2) is 9.28. The molecule has 11 heteroatoms. The van der Waals surface area contributed by atoms with Crippen molar-refractivity contribution in [1.82, 2.24) is 5.16 Å². The molecule has 1 aromatic carbocycles. The van der Waals surface area contributed by atoms with Crippen LogP contribution in [0.2, 0.25) is 5.02 Å². The van der Waals surface area contributed by atoms with Crippen molar-refractivity contribution in [1.29, 1.82) is 0 Å². The normalized spacial score (nSPS) is 11.5. The number of carbonyl (C=O) groups is 2. The maximum absolute atomic E-state index is 13.3. The molecule has 0 aliphatic rings. The van der Waals surface area contributed by atoms with E-state index in [1.165, 1.54) is 0 Å². The quantitative estimate of drug-likeness (QED) is 0.401. The van der Waals surface area contributed by atoms with Crippen LogP contribution < -0.4 is 10.0 Å². The topological polar surface area (TPSA) is 118 Å². The van der Waals surface area contributed by atoms with Crippen molar-refractivity contribution in [3.63, 3.8) is 0 Å². The summed E-state index contributed by atoms with van der Waals surface area (Å²) in [6, 6.07) is 3.56. The Labute approximate surface area is 201 Å². The maximum atomic E-state index is 13.3. The molecule has 0 saturated heterocycles. The molecule has 33 heavy (non-hydrogen) atoms. The Morgan fingerprint density at radius 1 is 1.15 bits per heavy atom. The number of nitrogens with one attached hydrogen (secondary N) is 2. The summed E-state index contributed by atoms with van der Waals surface area (Å²) in [6.07, 6.45) is 0.268. The van der Waals surface area contributed by atoms with Gasteiger partial charge in [0, 0.05) is 16.9 Å². The number of rotatable bonds is 7. The third-order valence-electron chi connectivity index (χ3n) is 5.16. The van der Waals surface area contributed by atoms with Crippen molar-refractivity contribution >= 4 is 56.2 Å². The fraction of sp³-hybridized carbons (Fsp3) is 0.318. The molecule has 0 aliphatic heterocycles. The SMILES string of the molecule is CCC(=O)c1cc(C)cc(C)c1NC(=O)c1sc(C)c(C)c1S(=O)(=O)Nc1onc(C)c1Cl. The van der Waals surface area contributed by atoms with Gasteiger partial charge in [0.2, 0.25) is 0 Å². The van der Waals surface area contributed by atoms with Crippen LogP contribution in [0.5, 0.6) is 0 Å². The molecule has 2 aromatic heterocycles. The van der Waals surface area contributed by atoms with E-state index < -0.39 is 15.9 Å². The Hall–Kier alpha value is -2.69. The summed E-state index contributed by atoms with van der Waals surface area (Å²) in [6.45, 7) is 10.3. The molecule has 0 atom stereocenters. The smallest absolute Gasteiger partial charge is 0.267 e. The van der Waals surface area contributed by atoms with Gasteiger partial charge in [0.15, 0.2) is 5.78 Å². The number of hydrogen-bond acceptors (Lipinski definition) is 7. The predicted octanol–water partition coefficient (Wildman–Crippen LogP) is 5.58. The molecular weight excluding hydrogens is 486 g/mol. The largest absolute Gasteiger partial charge is 0.336 e. The van der Waals surface area contributed by atoms with Gasteiger partial charge in [-0.2, -0.15) is 0 Å². The number of nitrogens with zero attached hydrogens (tertiary/aromatic N) is 1. The van der Waals surface area contributed by atoms with E-state index in [0.717, 1.165) is 16.9 Å². The Morgan fingerprint density at radius 2 is 1.82 bits per heavy atom. The van der Waals surface area contributed by atoms with Gasteiger partial charge >= 0.3 is 0 Å². The van der Waals surface area contributed by atoms with Crippen LogP contribution in [0.15, 0.2) is 21.6 Å². The summed E-state index contributed by atoms with van der Waals surface area (Å²) < 4.78 is 33.7. The van der Waals surface area contributed by atoms with Gasteiger partial charge in [-0.05, 0) is 57.4 Å². The molecule has 0 aliphatic carbocycles. The molecule has 2 heterocycles. The van der Waals surface area contributed by atoms with Crippen molar-refractivity contribution in [3.05, 3.63) is 54.9 Å². The molecule has 0 saturated carbocycles. The van der Waals surface area contributed by atoms with Crippen molar-refractivity contribution in [2.24, 2.45) is 0 Å². The number of aryl methyl sites for hydroxylation is 4. The Bertz CT molecular complexity index is 1370. The van der Waals surface area contributed by atoms with Crippen LogP contribution in [0.4, 0.5) is 11.6 Å². The summed E-state index contributed by atoms with van der Waals surface area (Å²) in [5.41, 5.74) is 3.10. The van der Waals surface area contributed by atoms with Crippen LogP contribution in [0.3, 0.4) is 0 Å². The van der Waals surface area contributed by atoms with E-state index in [0.29, 0.717) is 32.9 Å². The Morgan fingerprint density at radius 3 is 2.39 bits per heavy atom. The number of sulfonamides is 1. The second-order valence-corrected chi connectivity index (χ2v) is 10.9. The third kappa shape index (κ3) is 4.83. The van der Waals surface area contributed by atoms with Crippen LogP contribution in [-0.4, -0.2) is 25.3 Å². The average molecular weight is 510 g/mol. The van der Waals surface area contributed by atoms with Gasteiger partial charge in [-0.25, -0.2) is 13.1 Å². The van der Waals surface area contributed by atoms with Crippen LogP contribution in [0.25, 0.3) is 0 Å². The molecule has 0 spiro atoms. The fourth-order valence-corrected chi connectivity index (χ4v) is 6.41. The summed E-state index contributed by atoms with van der Waals surface area (Å²) in [7, 11) is -4.23. The van der Waals surface area contributed by atoms with E-state index in [1.54, 1.807) is 40.7 Å². The van der Waals surface area contributed by atoms with Crippen LogP contribution in [0.1, 0.15) is 60.6 Å². The number of aromatic nitrogens is 1. The first-order valence-corrected chi connectivity index (χ1v) is 12.8. The minimum Gasteiger partial charge on any atom is -0.336 e. The molecule has 0 radical (unpaired) electrons. The number of ketones is 1. The number of hydrogen-bond donors (Lipinski definition) is 2. The molecule has 3 rings (SSSR count). The minimum absolute atomic E-state index is 0.0141. The number of thiophene rings is 1. The molecule has 1 amide bonds. The molecule has 176 valence electrons. The lowest BCUT2D eigenvalue weighted by Gasteiger charge is -2.15. The summed E-state index contributed by atoms with van der Waals surface area (Å²) in [4.78, 5) is 26.3. The van der Waals surface area contributed by atoms with Crippen LogP contribution in [-0.2, 0) is 10.0 Å². The highest BCUT2D eigenvalue weighted by molar-refractivity contribution is 7.93. The van der Waals surface area contributed by atoms with Crippen molar-refractivity contribution in [3.8, 4) is 0 Å². The van der Waals surface area contributed by atoms with Gasteiger partial charge < -0.3 is 9.84 Å². The number of amides is 1. The van der Waals surface area contributed by atoms with Crippen molar-refractivity contribution in [2.75, 3.05) is 10.0 Å². The monoisotopic (exact) mass is 509 g/mol. The lowest BCUT2D eigenvalue weighted by molar-refractivity contribution is 0.0989. The molecule has 0 unspecified atom stereocenters. The summed E-state index contributed by atoms with van der Waals surface area (Å²) >= 11 is 7.10. The Balaban J connectivity index is 2.06. The summed E-state index contributed by atoms with van der Waals surface area (Å²) in [5, 5.41) is 6.44. The van der Waals surface area contributed by atoms with Crippen LogP contribution >= 0.6 is 22.9 Å². The van der Waals surface area contributed by atoms with E-state index in [1.807, 2.05) is 13.0 Å². The van der Waals surface area contributed by atoms with Gasteiger partial charge in [0.05, 0.1) is 5.69 Å². The summed E-state index contributed by atoms with van der Waals surface area (Å²) in [5.74, 6) is -0.983. The first kappa shape index (κ1) is 24.9. The van der Waals surface area contributed by atoms with E-state index in [4.69, 9.17) is 16.1 Å². The molecule has 8 nitrogen and oxygen atoms in total.